The van der Waals surface area contributed by atoms with Gasteiger partial charge in [0.2, 0.25) is 0 Å². The molecule has 0 aliphatic carbocycles. The highest BCUT2D eigenvalue weighted by molar-refractivity contribution is 8.13. The molecule has 0 aromatic heterocycles. The lowest BCUT2D eigenvalue weighted by atomic mass is 9.96. The Labute approximate surface area is 177 Å². The third-order valence-electron chi connectivity index (χ3n) is 5.20. The van der Waals surface area contributed by atoms with Crippen molar-refractivity contribution in [3.05, 3.63) is 36.0 Å². The van der Waals surface area contributed by atoms with Gasteiger partial charge in [-0.25, -0.2) is 4.79 Å². The fourth-order valence-corrected chi connectivity index (χ4v) is 4.29. The maximum Gasteiger partial charge on any atom is 0.330 e. The van der Waals surface area contributed by atoms with Gasteiger partial charge in [-0.05, 0) is 38.5 Å². The van der Waals surface area contributed by atoms with Crippen molar-refractivity contribution in [2.75, 3.05) is 5.75 Å². The highest BCUT2D eigenvalue weighted by Gasteiger charge is 2.31. The van der Waals surface area contributed by atoms with Gasteiger partial charge < -0.3 is 20.3 Å². The van der Waals surface area contributed by atoms with Gasteiger partial charge >= 0.3 is 5.97 Å². The van der Waals surface area contributed by atoms with Gasteiger partial charge in [0.15, 0.2) is 0 Å². The number of thioether (sulfide) groups is 1. The minimum Gasteiger partial charge on any atom is -0.459 e. The first kappa shape index (κ1) is 23.7. The Morgan fingerprint density at radius 2 is 2.10 bits per heavy atom. The Morgan fingerprint density at radius 3 is 2.83 bits per heavy atom. The molecule has 6 nitrogen and oxygen atoms in total. The quantitative estimate of drug-likeness (QED) is 0.602. The second-order valence-corrected chi connectivity index (χ2v) is 8.99. The average Bonchev–Trinajstić information content (AvgIpc) is 3.08. The van der Waals surface area contributed by atoms with Crippen LogP contribution in [-0.4, -0.2) is 51.5 Å². The van der Waals surface area contributed by atoms with Gasteiger partial charge in [0.05, 0.1) is 18.2 Å². The summed E-state index contributed by atoms with van der Waals surface area (Å²) in [6, 6.07) is -0.363. The molecule has 5 atom stereocenters. The molecule has 7 heteroatoms. The van der Waals surface area contributed by atoms with E-state index in [4.69, 9.17) is 4.74 Å². The predicted molar refractivity (Wildman–Crippen MR) is 116 cm³/mol. The number of aliphatic hydroxyl groups is 2. The molecule has 1 fully saturated rings. The molecule has 0 saturated carbocycles. The Balaban J connectivity index is 2.06. The summed E-state index contributed by atoms with van der Waals surface area (Å²) < 4.78 is 5.59. The van der Waals surface area contributed by atoms with Crippen molar-refractivity contribution < 1.29 is 24.5 Å². The first-order valence-corrected chi connectivity index (χ1v) is 11.3. The molecule has 1 amide bonds. The number of nitrogens with one attached hydrogen (secondary N) is 1. The number of amides is 1. The van der Waals surface area contributed by atoms with E-state index >= 15 is 0 Å². The maximum atomic E-state index is 12.3. The Morgan fingerprint density at radius 1 is 1.31 bits per heavy atom. The van der Waals surface area contributed by atoms with Crippen LogP contribution in [0.2, 0.25) is 0 Å². The topological polar surface area (TPSA) is 95.9 Å². The van der Waals surface area contributed by atoms with Gasteiger partial charge in [0.1, 0.15) is 6.10 Å². The lowest BCUT2D eigenvalue weighted by Crippen LogP contribution is -2.41. The molecule has 2 rings (SSSR count). The van der Waals surface area contributed by atoms with Crippen molar-refractivity contribution in [3.63, 3.8) is 0 Å². The van der Waals surface area contributed by atoms with E-state index in [9.17, 15) is 19.8 Å². The van der Waals surface area contributed by atoms with Crippen molar-refractivity contribution >= 4 is 23.0 Å². The molecule has 2 aliphatic heterocycles. The van der Waals surface area contributed by atoms with E-state index in [2.05, 4.69) is 24.4 Å². The second-order valence-electron chi connectivity index (χ2n) is 8.00. The molecule has 0 bridgehead atoms. The fourth-order valence-electron chi connectivity index (χ4n) is 3.42. The SMILES string of the molecule is CC1=CC(=O)OC(CC(O)C2CSC(=O)N2)CC(O)CCC(C)C=CC=CCC1. The van der Waals surface area contributed by atoms with Crippen LogP contribution in [0.25, 0.3) is 0 Å². The summed E-state index contributed by atoms with van der Waals surface area (Å²) in [4.78, 5) is 23.7. The van der Waals surface area contributed by atoms with E-state index in [1.807, 2.05) is 19.1 Å². The summed E-state index contributed by atoms with van der Waals surface area (Å²) in [5.74, 6) is 0.363. The van der Waals surface area contributed by atoms with Crippen LogP contribution in [0.3, 0.4) is 0 Å². The van der Waals surface area contributed by atoms with Crippen LogP contribution in [0.1, 0.15) is 52.4 Å². The molecule has 0 spiro atoms. The number of allylic oxidation sites excluding steroid dienone is 5. The number of hydrogen-bond donors (Lipinski definition) is 3. The summed E-state index contributed by atoms with van der Waals surface area (Å²) in [6.45, 7) is 3.99. The number of carbonyl (C=O) groups excluding carboxylic acids is 2. The van der Waals surface area contributed by atoms with Gasteiger partial charge in [-0.1, -0.05) is 48.6 Å². The number of aliphatic hydroxyl groups excluding tert-OH is 2. The minimum atomic E-state index is -0.832. The normalized spacial score (nSPS) is 31.1. The van der Waals surface area contributed by atoms with Crippen LogP contribution < -0.4 is 5.32 Å². The van der Waals surface area contributed by atoms with E-state index in [0.717, 1.165) is 36.6 Å². The van der Waals surface area contributed by atoms with Crippen LogP contribution >= 0.6 is 11.8 Å². The third-order valence-corrected chi connectivity index (χ3v) is 6.10. The standard InChI is InChI=1S/C22H33NO5S/c1-15-7-5-3-4-6-8-16(2)11-21(26)28-18(12-17(24)10-9-15)13-20(25)19-14-29-22(27)23-19/h3-5,7,11,15,17-20,24-25H,6,8-10,12-14H2,1-2H3,(H,23,27). The number of ether oxygens (including phenoxy) is 1. The largest absolute Gasteiger partial charge is 0.459 e. The molecule has 3 N–H and O–H groups in total. The molecule has 0 aromatic carbocycles. The van der Waals surface area contributed by atoms with Gasteiger partial charge in [0, 0.05) is 24.7 Å². The van der Waals surface area contributed by atoms with Crippen molar-refractivity contribution in [3.8, 4) is 0 Å². The first-order valence-electron chi connectivity index (χ1n) is 10.3. The van der Waals surface area contributed by atoms with Gasteiger partial charge in [-0.3, -0.25) is 4.79 Å². The van der Waals surface area contributed by atoms with E-state index in [1.54, 1.807) is 0 Å². The van der Waals surface area contributed by atoms with Gasteiger partial charge in [-0.15, -0.1) is 0 Å². The van der Waals surface area contributed by atoms with Crippen LogP contribution in [0.15, 0.2) is 36.0 Å². The molecule has 2 aliphatic rings. The minimum absolute atomic E-state index is 0.154. The van der Waals surface area contributed by atoms with Crippen molar-refractivity contribution in [1.29, 1.82) is 0 Å². The lowest BCUT2D eigenvalue weighted by Gasteiger charge is -2.25. The maximum absolute atomic E-state index is 12.3. The fraction of sp³-hybridized carbons (Fsp3) is 0.636. The van der Waals surface area contributed by atoms with Crippen LogP contribution in [0, 0.1) is 5.92 Å². The Bertz CT molecular complexity index is 645. The number of hydrogen-bond acceptors (Lipinski definition) is 6. The smallest absolute Gasteiger partial charge is 0.330 e. The number of esters is 1. The highest BCUT2D eigenvalue weighted by atomic mass is 32.2. The van der Waals surface area contributed by atoms with Crippen molar-refractivity contribution in [1.82, 2.24) is 5.32 Å². The van der Waals surface area contributed by atoms with Crippen LogP contribution in [0.5, 0.6) is 0 Å². The summed E-state index contributed by atoms with van der Waals surface area (Å²) in [7, 11) is 0. The van der Waals surface area contributed by atoms with Gasteiger partial charge in [-0.2, -0.15) is 0 Å². The summed E-state index contributed by atoms with van der Waals surface area (Å²) in [5, 5.41) is 23.5. The van der Waals surface area contributed by atoms with Crippen molar-refractivity contribution in [2.24, 2.45) is 5.92 Å². The van der Waals surface area contributed by atoms with E-state index in [1.165, 1.54) is 6.08 Å². The number of carbonyl (C=O) groups is 2. The molecule has 1 saturated heterocycles. The lowest BCUT2D eigenvalue weighted by molar-refractivity contribution is -0.146. The van der Waals surface area contributed by atoms with E-state index in [-0.39, 0.29) is 24.1 Å². The van der Waals surface area contributed by atoms with E-state index < -0.39 is 24.3 Å². The first-order chi connectivity index (χ1) is 13.8. The second kappa shape index (κ2) is 12.2. The van der Waals surface area contributed by atoms with Gasteiger partial charge in [0.25, 0.3) is 5.24 Å². The molecule has 0 radical (unpaired) electrons. The summed E-state index contributed by atoms with van der Waals surface area (Å²) >= 11 is 1.14. The van der Waals surface area contributed by atoms with E-state index in [0.29, 0.717) is 18.1 Å². The highest BCUT2D eigenvalue weighted by Crippen LogP contribution is 2.22. The van der Waals surface area contributed by atoms with Crippen molar-refractivity contribution in [2.45, 2.75) is 76.7 Å². The molecular formula is C22H33NO5S. The molecule has 5 unspecified atom stereocenters. The number of cyclic esters (lactones) is 1. The molecule has 29 heavy (non-hydrogen) atoms. The Kier molecular flexibility index (Phi) is 9.97. The average molecular weight is 424 g/mol. The summed E-state index contributed by atoms with van der Waals surface area (Å²) in [6.07, 6.45) is 11.1. The monoisotopic (exact) mass is 423 g/mol. The van der Waals surface area contributed by atoms with Crippen LogP contribution in [-0.2, 0) is 9.53 Å². The summed E-state index contributed by atoms with van der Waals surface area (Å²) in [5.41, 5.74) is 0.920. The zero-order valence-electron chi connectivity index (χ0n) is 17.3. The predicted octanol–water partition coefficient (Wildman–Crippen LogP) is 3.49. The molecule has 0 aromatic rings. The zero-order valence-corrected chi connectivity index (χ0v) is 18.1. The number of rotatable bonds is 3. The molecule has 162 valence electrons. The van der Waals surface area contributed by atoms with Crippen LogP contribution in [0.4, 0.5) is 4.79 Å². The Hall–Kier alpha value is -1.57. The molecule has 2 heterocycles. The molecular weight excluding hydrogens is 390 g/mol. The third kappa shape index (κ3) is 9.19. The zero-order chi connectivity index (χ0) is 21.2.